The zero-order valence-electron chi connectivity index (χ0n) is 19.2. The van der Waals surface area contributed by atoms with Crippen LogP contribution in [0.3, 0.4) is 0 Å². The minimum Gasteiger partial charge on any atom is -0.465 e. The lowest BCUT2D eigenvalue weighted by Crippen LogP contribution is -2.46. The number of hydrogen-bond donors (Lipinski definition) is 1. The van der Waals surface area contributed by atoms with Gasteiger partial charge in [0.2, 0.25) is 6.04 Å². The van der Waals surface area contributed by atoms with Crippen molar-refractivity contribution in [3.05, 3.63) is 85.2 Å². The van der Waals surface area contributed by atoms with Crippen molar-refractivity contribution in [3.63, 3.8) is 0 Å². The second kappa shape index (κ2) is 12.9. The molecule has 0 aliphatic heterocycles. The fraction of sp³-hybridized carbons (Fsp3) is 0.333. The standard InChI is InChI=1S/C24H27N3O6S2/c1-2-18(27(31)32)14-20(26(23(28)29)19-8-4-3-5-9-19)17-33-24(30)25(15-21-10-6-12-34-21)16-22-11-7-13-35-22/h3-13,18,20H,2,14-17H2,1H3,(H,28,29)/t18?,20-/m0/s1. The number of ether oxygens (including phenoxy) is 1. The zero-order chi connectivity index (χ0) is 25.2. The Morgan fingerprint density at radius 2 is 1.63 bits per heavy atom. The molecule has 2 heterocycles. The number of carbonyl (C=O) groups excluding carboxylic acids is 1. The third-order valence-corrected chi connectivity index (χ3v) is 7.15. The molecule has 3 rings (SSSR count). The molecule has 0 aliphatic carbocycles. The summed E-state index contributed by atoms with van der Waals surface area (Å²) in [6.45, 7) is 2.05. The van der Waals surface area contributed by atoms with Gasteiger partial charge in [0.05, 0.1) is 19.1 Å². The maximum absolute atomic E-state index is 13.1. The minimum atomic E-state index is -1.27. The molecule has 0 saturated carbocycles. The molecule has 0 saturated heterocycles. The molecular formula is C24H27N3O6S2. The van der Waals surface area contributed by atoms with Crippen LogP contribution in [0.15, 0.2) is 65.4 Å². The third-order valence-electron chi connectivity index (χ3n) is 5.43. The van der Waals surface area contributed by atoms with Gasteiger partial charge in [-0.1, -0.05) is 37.3 Å². The molecule has 3 aromatic rings. The Labute approximate surface area is 211 Å². The number of nitro groups is 1. The SMILES string of the molecule is CCC(C[C@@H](COC(=O)N(Cc1cccs1)Cc1cccs1)N(C(=O)O)c1ccccc1)[N+](=O)[O-]. The summed E-state index contributed by atoms with van der Waals surface area (Å²) in [5, 5.41) is 25.3. The Kier molecular flexibility index (Phi) is 9.62. The minimum absolute atomic E-state index is 0.0895. The predicted molar refractivity (Wildman–Crippen MR) is 136 cm³/mol. The summed E-state index contributed by atoms with van der Waals surface area (Å²) in [6, 6.07) is 14.1. The number of hydrogen-bond acceptors (Lipinski definition) is 7. The molecule has 35 heavy (non-hydrogen) atoms. The zero-order valence-corrected chi connectivity index (χ0v) is 20.8. The van der Waals surface area contributed by atoms with Gasteiger partial charge >= 0.3 is 12.2 Å². The summed E-state index contributed by atoms with van der Waals surface area (Å²) in [4.78, 5) is 41.0. The first-order valence-corrected chi connectivity index (χ1v) is 12.8. The molecule has 9 nitrogen and oxygen atoms in total. The number of nitrogens with zero attached hydrogens (tertiary/aromatic N) is 3. The lowest BCUT2D eigenvalue weighted by molar-refractivity contribution is -0.524. The van der Waals surface area contributed by atoms with Crippen LogP contribution >= 0.6 is 22.7 Å². The number of rotatable bonds is 12. The van der Waals surface area contributed by atoms with Crippen LogP contribution in [0.2, 0.25) is 0 Å². The van der Waals surface area contributed by atoms with Crippen LogP contribution in [0, 0.1) is 10.1 Å². The van der Waals surface area contributed by atoms with Crippen LogP contribution in [0.4, 0.5) is 15.3 Å². The van der Waals surface area contributed by atoms with E-state index in [-0.39, 0.29) is 19.4 Å². The molecular weight excluding hydrogens is 490 g/mol. The Morgan fingerprint density at radius 1 is 1.03 bits per heavy atom. The second-order valence-corrected chi connectivity index (χ2v) is 9.88. The molecule has 0 radical (unpaired) electrons. The van der Waals surface area contributed by atoms with E-state index in [0.717, 1.165) is 14.7 Å². The van der Waals surface area contributed by atoms with Crippen molar-refractivity contribution in [2.24, 2.45) is 0 Å². The summed E-state index contributed by atoms with van der Waals surface area (Å²) in [5.41, 5.74) is 0.355. The second-order valence-electron chi connectivity index (χ2n) is 7.82. The summed E-state index contributed by atoms with van der Waals surface area (Å²) < 4.78 is 5.61. The Morgan fingerprint density at radius 3 is 2.09 bits per heavy atom. The molecule has 0 bridgehead atoms. The first-order chi connectivity index (χ1) is 16.9. The quantitative estimate of drug-likeness (QED) is 0.235. The maximum Gasteiger partial charge on any atom is 0.412 e. The molecule has 2 atom stereocenters. The summed E-state index contributed by atoms with van der Waals surface area (Å²) >= 11 is 3.04. The molecule has 2 amide bonds. The van der Waals surface area contributed by atoms with Crippen LogP contribution in [-0.2, 0) is 17.8 Å². The number of anilines is 1. The average Bonchev–Trinajstić information content (AvgIpc) is 3.54. The predicted octanol–water partition coefficient (Wildman–Crippen LogP) is 5.95. The fourth-order valence-corrected chi connectivity index (χ4v) is 5.09. The lowest BCUT2D eigenvalue weighted by atomic mass is 10.0. The van der Waals surface area contributed by atoms with Crippen LogP contribution in [0.1, 0.15) is 29.5 Å². The normalized spacial score (nSPS) is 12.5. The highest BCUT2D eigenvalue weighted by molar-refractivity contribution is 7.10. The average molecular weight is 518 g/mol. The van der Waals surface area contributed by atoms with E-state index in [2.05, 4.69) is 0 Å². The summed E-state index contributed by atoms with van der Waals surface area (Å²) in [7, 11) is 0. The highest BCUT2D eigenvalue weighted by atomic mass is 32.1. The van der Waals surface area contributed by atoms with E-state index in [9.17, 15) is 24.8 Å². The molecule has 1 N–H and O–H groups in total. The fourth-order valence-electron chi connectivity index (χ4n) is 3.65. The lowest BCUT2D eigenvalue weighted by Gasteiger charge is -2.30. The van der Waals surface area contributed by atoms with Gasteiger partial charge in [0.15, 0.2) is 0 Å². The maximum atomic E-state index is 13.1. The highest BCUT2D eigenvalue weighted by Crippen LogP contribution is 2.23. The van der Waals surface area contributed by atoms with E-state index >= 15 is 0 Å². The van der Waals surface area contributed by atoms with E-state index in [1.54, 1.807) is 42.2 Å². The van der Waals surface area contributed by atoms with Gasteiger partial charge in [0.25, 0.3) is 0 Å². The Bertz CT molecular complexity index is 1040. The van der Waals surface area contributed by atoms with E-state index in [0.29, 0.717) is 18.8 Å². The molecule has 1 aromatic carbocycles. The number of carbonyl (C=O) groups is 2. The largest absolute Gasteiger partial charge is 0.465 e. The summed E-state index contributed by atoms with van der Waals surface area (Å²) in [5.74, 6) is 0. The van der Waals surface area contributed by atoms with Gasteiger partial charge in [-0.25, -0.2) is 9.59 Å². The molecule has 11 heteroatoms. The highest BCUT2D eigenvalue weighted by Gasteiger charge is 2.33. The molecule has 0 aliphatic rings. The van der Waals surface area contributed by atoms with Gasteiger partial charge in [-0.05, 0) is 35.0 Å². The molecule has 186 valence electrons. The van der Waals surface area contributed by atoms with Gasteiger partial charge in [0.1, 0.15) is 6.61 Å². The van der Waals surface area contributed by atoms with Crippen LogP contribution in [-0.4, -0.2) is 45.8 Å². The molecule has 2 aromatic heterocycles. The van der Waals surface area contributed by atoms with E-state index in [1.165, 1.54) is 22.7 Å². The topological polar surface area (TPSA) is 113 Å². The number of benzene rings is 1. The van der Waals surface area contributed by atoms with E-state index in [1.807, 2.05) is 35.0 Å². The van der Waals surface area contributed by atoms with Crippen molar-refractivity contribution in [1.82, 2.24) is 4.90 Å². The monoisotopic (exact) mass is 517 g/mol. The number of para-hydroxylation sites is 1. The first kappa shape index (κ1) is 26.2. The van der Waals surface area contributed by atoms with Crippen LogP contribution < -0.4 is 4.90 Å². The molecule has 0 fully saturated rings. The van der Waals surface area contributed by atoms with Crippen molar-refractivity contribution >= 4 is 40.5 Å². The number of thiophene rings is 2. The summed E-state index contributed by atoms with van der Waals surface area (Å²) in [6.07, 6.45) is -1.75. The van der Waals surface area contributed by atoms with Crippen LogP contribution in [0.25, 0.3) is 0 Å². The number of carboxylic acid groups (broad SMARTS) is 1. The molecule has 0 spiro atoms. The third kappa shape index (κ3) is 7.52. The van der Waals surface area contributed by atoms with Crippen molar-refractivity contribution < 1.29 is 24.4 Å². The van der Waals surface area contributed by atoms with Crippen LogP contribution in [0.5, 0.6) is 0 Å². The smallest absolute Gasteiger partial charge is 0.412 e. The Hall–Kier alpha value is -3.44. The van der Waals surface area contributed by atoms with E-state index < -0.39 is 29.2 Å². The van der Waals surface area contributed by atoms with Crippen molar-refractivity contribution in [1.29, 1.82) is 0 Å². The van der Waals surface area contributed by atoms with Crippen molar-refractivity contribution in [2.75, 3.05) is 11.5 Å². The van der Waals surface area contributed by atoms with Gasteiger partial charge in [-0.2, -0.15) is 0 Å². The van der Waals surface area contributed by atoms with Gasteiger partial charge in [-0.15, -0.1) is 22.7 Å². The van der Waals surface area contributed by atoms with Crippen molar-refractivity contribution in [2.45, 2.75) is 44.9 Å². The van der Waals surface area contributed by atoms with Crippen molar-refractivity contribution in [3.8, 4) is 0 Å². The Balaban J connectivity index is 1.81. The number of amides is 2. The molecule has 1 unspecified atom stereocenters. The first-order valence-electron chi connectivity index (χ1n) is 11.1. The van der Waals surface area contributed by atoms with Gasteiger partial charge in [-0.3, -0.25) is 19.9 Å². The van der Waals surface area contributed by atoms with E-state index in [4.69, 9.17) is 4.74 Å². The van der Waals surface area contributed by atoms with Gasteiger partial charge < -0.3 is 9.84 Å². The van der Waals surface area contributed by atoms with Gasteiger partial charge in [0, 0.05) is 33.2 Å².